The van der Waals surface area contributed by atoms with E-state index in [0.29, 0.717) is 82.7 Å². The van der Waals surface area contributed by atoms with Crippen molar-refractivity contribution in [3.8, 4) is 5.75 Å². The molecule has 1 saturated carbocycles. The molecule has 4 amide bonds. The monoisotopic (exact) mass is 992 g/mol. The summed E-state index contributed by atoms with van der Waals surface area (Å²) in [5.41, 5.74) is 2.30. The Balaban J connectivity index is 0.648. The van der Waals surface area contributed by atoms with Crippen LogP contribution in [0, 0.1) is 11.2 Å². The summed E-state index contributed by atoms with van der Waals surface area (Å²) in [5.74, 6) is -1.13. The third-order valence-electron chi connectivity index (χ3n) is 12.5. The van der Waals surface area contributed by atoms with Gasteiger partial charge >= 0.3 is 0 Å². The van der Waals surface area contributed by atoms with Gasteiger partial charge in [0.05, 0.1) is 57.4 Å². The standard InChI is InChI=1S/C48H58ClFN8O10S/c49-35-6-3-8-38(42(35)50)67-32-12-14-48(15-13-32,28-31-4-1-9-39(54-31)56-47-53-19-27-69-47)43-45(68-43)52-18-22-64-24-26-65-25-23-63-20-16-51-17-21-66-30-41(60)55-36-7-2-5-33-34(36)29-58(46(33)62)37-10-11-40(59)57-44(37)61/h1-9,19,27,32,37,43,45,51-52H,10-18,20-26,28-30H2,(H,55,60)(H,53,54,56)(H,57,59,61)/t32?,37?,43?,45-,48?/m1/s1. The lowest BCUT2D eigenvalue weighted by molar-refractivity contribution is -0.137. The molecule has 0 bridgehead atoms. The van der Waals surface area contributed by atoms with E-state index in [0.717, 1.165) is 48.7 Å². The SMILES string of the molecule is O=C1CCC(N2Cc3c(NC(=O)COCCNCCOCCOCCOCCN[C@@H]4OC4C4(Cc5cccc(Nc6nccs6)n5)CCC(Oc5cccc(Cl)c5F)CC4)cccc3C2=O)C(=O)N1. The lowest BCUT2D eigenvalue weighted by Crippen LogP contribution is -2.52. The molecule has 0 spiro atoms. The molecule has 5 N–H and O–H groups in total. The van der Waals surface area contributed by atoms with Crippen LogP contribution in [0.5, 0.6) is 5.75 Å². The minimum atomic E-state index is -0.734. The van der Waals surface area contributed by atoms with Crippen molar-refractivity contribution >= 4 is 63.2 Å². The average Bonchev–Trinajstić information content (AvgIpc) is 3.80. The second-order valence-corrected chi connectivity index (χ2v) is 18.5. The molecule has 5 heterocycles. The first-order valence-corrected chi connectivity index (χ1v) is 24.6. The molecular formula is C48H58ClFN8O10S. The Morgan fingerprint density at radius 3 is 2.42 bits per heavy atom. The summed E-state index contributed by atoms with van der Waals surface area (Å²) < 4.78 is 49.7. The molecule has 18 nitrogen and oxygen atoms in total. The van der Waals surface area contributed by atoms with Crippen molar-refractivity contribution in [2.24, 2.45) is 5.41 Å². The number of aromatic nitrogens is 2. The number of fused-ring (bicyclic) bond motifs is 1. The Labute approximate surface area is 408 Å². The quantitative estimate of drug-likeness (QED) is 0.0302. The number of amides is 4. The smallest absolute Gasteiger partial charge is 0.255 e. The maximum absolute atomic E-state index is 14.7. The number of carbonyl (C=O) groups excluding carboxylic acids is 4. The van der Waals surface area contributed by atoms with Crippen molar-refractivity contribution in [1.29, 1.82) is 0 Å². The van der Waals surface area contributed by atoms with Gasteiger partial charge in [-0.15, -0.1) is 11.3 Å². The number of ether oxygens (including phenoxy) is 6. The van der Waals surface area contributed by atoms with Crippen LogP contribution >= 0.6 is 22.9 Å². The lowest BCUT2D eigenvalue weighted by Gasteiger charge is -2.39. The molecule has 4 aliphatic rings. The van der Waals surface area contributed by atoms with Crippen molar-refractivity contribution in [3.05, 3.63) is 93.8 Å². The molecule has 2 aromatic heterocycles. The highest BCUT2D eigenvalue weighted by Gasteiger charge is 2.55. The van der Waals surface area contributed by atoms with E-state index in [4.69, 9.17) is 45.0 Å². The molecule has 2 unspecified atom stereocenters. The molecule has 2 aromatic carbocycles. The zero-order valence-electron chi connectivity index (χ0n) is 38.2. The van der Waals surface area contributed by atoms with Gasteiger partial charge in [-0.3, -0.25) is 29.8 Å². The highest BCUT2D eigenvalue weighted by atomic mass is 35.5. The summed E-state index contributed by atoms with van der Waals surface area (Å²) in [6, 6.07) is 15.1. The number of thiazole rings is 1. The maximum atomic E-state index is 14.7. The van der Waals surface area contributed by atoms with Gasteiger partial charge in [0.1, 0.15) is 30.8 Å². The average molecular weight is 994 g/mol. The van der Waals surface area contributed by atoms with Gasteiger partial charge in [-0.25, -0.2) is 14.4 Å². The van der Waals surface area contributed by atoms with Gasteiger partial charge in [0.25, 0.3) is 5.91 Å². The summed E-state index contributed by atoms with van der Waals surface area (Å²) in [6.07, 6.45) is 5.75. The number of carbonyl (C=O) groups is 4. The summed E-state index contributed by atoms with van der Waals surface area (Å²) in [5, 5.41) is 17.8. The summed E-state index contributed by atoms with van der Waals surface area (Å²) in [6.45, 7) is 4.77. The molecule has 3 aliphatic heterocycles. The van der Waals surface area contributed by atoms with Crippen molar-refractivity contribution in [2.75, 3.05) is 83.1 Å². The molecule has 21 heteroatoms. The second-order valence-electron chi connectivity index (χ2n) is 17.2. The molecule has 3 fully saturated rings. The van der Waals surface area contributed by atoms with Gasteiger partial charge in [0.2, 0.25) is 17.7 Å². The molecule has 4 aromatic rings. The zero-order chi connectivity index (χ0) is 48.0. The second kappa shape index (κ2) is 24.6. The lowest BCUT2D eigenvalue weighted by atomic mass is 9.67. The number of epoxide rings is 1. The number of rotatable bonds is 27. The number of halogens is 2. The molecule has 1 aliphatic carbocycles. The van der Waals surface area contributed by atoms with Crippen LogP contribution in [0.3, 0.4) is 0 Å². The number of anilines is 3. The molecule has 2 saturated heterocycles. The van der Waals surface area contributed by atoms with Crippen LogP contribution < -0.4 is 31.3 Å². The van der Waals surface area contributed by atoms with Crippen LogP contribution in [0.25, 0.3) is 0 Å². The summed E-state index contributed by atoms with van der Waals surface area (Å²) in [4.78, 5) is 60.3. The van der Waals surface area contributed by atoms with Gasteiger partial charge in [-0.05, 0) is 74.9 Å². The Kier molecular flexibility index (Phi) is 17.9. The highest BCUT2D eigenvalue weighted by molar-refractivity contribution is 7.13. The first kappa shape index (κ1) is 50.2. The Bertz CT molecular complexity index is 2380. The topological polar surface area (TPSA) is 216 Å². The van der Waals surface area contributed by atoms with Crippen LogP contribution in [0.1, 0.15) is 60.1 Å². The fourth-order valence-electron chi connectivity index (χ4n) is 9.02. The number of hydrogen-bond donors (Lipinski definition) is 5. The number of hydrogen-bond acceptors (Lipinski definition) is 16. The fraction of sp³-hybridized carbons (Fsp3) is 0.500. The molecule has 3 atom stereocenters. The number of benzene rings is 2. The van der Waals surface area contributed by atoms with Gasteiger partial charge in [0.15, 0.2) is 16.7 Å². The van der Waals surface area contributed by atoms with E-state index in [1.165, 1.54) is 22.3 Å². The molecule has 370 valence electrons. The number of piperidine rings is 1. The van der Waals surface area contributed by atoms with Crippen molar-refractivity contribution in [3.63, 3.8) is 0 Å². The van der Waals surface area contributed by atoms with E-state index in [9.17, 15) is 23.6 Å². The van der Waals surface area contributed by atoms with Crippen LogP contribution in [-0.4, -0.2) is 135 Å². The third kappa shape index (κ3) is 13.8. The zero-order valence-corrected chi connectivity index (χ0v) is 39.8. The minimum Gasteiger partial charge on any atom is -0.487 e. The van der Waals surface area contributed by atoms with Gasteiger partial charge < -0.3 is 49.3 Å². The van der Waals surface area contributed by atoms with Gasteiger partial charge in [-0.2, -0.15) is 0 Å². The van der Waals surface area contributed by atoms with E-state index in [1.54, 1.807) is 36.5 Å². The van der Waals surface area contributed by atoms with Gasteiger partial charge in [0, 0.05) is 72.1 Å². The highest BCUT2D eigenvalue weighted by Crippen LogP contribution is 2.50. The summed E-state index contributed by atoms with van der Waals surface area (Å²) in [7, 11) is 0. The number of nitrogens with one attached hydrogen (secondary N) is 5. The van der Waals surface area contributed by atoms with Crippen molar-refractivity contribution in [1.82, 2.24) is 30.8 Å². The third-order valence-corrected chi connectivity index (χ3v) is 13.5. The predicted molar refractivity (Wildman–Crippen MR) is 254 cm³/mol. The Morgan fingerprint density at radius 1 is 0.913 bits per heavy atom. The Morgan fingerprint density at radius 2 is 1.65 bits per heavy atom. The van der Waals surface area contributed by atoms with Crippen LogP contribution in [-0.2, 0) is 51.0 Å². The fourth-order valence-corrected chi connectivity index (χ4v) is 9.72. The van der Waals surface area contributed by atoms with E-state index >= 15 is 0 Å². The van der Waals surface area contributed by atoms with Crippen LogP contribution in [0.2, 0.25) is 5.02 Å². The largest absolute Gasteiger partial charge is 0.487 e. The van der Waals surface area contributed by atoms with Crippen molar-refractivity contribution < 1.29 is 52.0 Å². The molecular weight excluding hydrogens is 935 g/mol. The van der Waals surface area contributed by atoms with Crippen molar-refractivity contribution in [2.45, 2.75) is 76.0 Å². The van der Waals surface area contributed by atoms with E-state index in [1.807, 2.05) is 23.6 Å². The number of imide groups is 1. The van der Waals surface area contributed by atoms with E-state index in [-0.39, 0.29) is 78.3 Å². The first-order valence-electron chi connectivity index (χ1n) is 23.4. The molecule has 0 radical (unpaired) electrons. The van der Waals surface area contributed by atoms with E-state index < -0.39 is 17.8 Å². The van der Waals surface area contributed by atoms with Gasteiger partial charge in [-0.1, -0.05) is 29.8 Å². The first-order chi connectivity index (χ1) is 33.7. The number of nitrogens with zero attached hydrogens (tertiary/aromatic N) is 3. The Hall–Kier alpha value is -5.16. The maximum Gasteiger partial charge on any atom is 0.255 e. The number of pyridine rings is 1. The minimum absolute atomic E-state index is 0.0217. The molecule has 69 heavy (non-hydrogen) atoms. The summed E-state index contributed by atoms with van der Waals surface area (Å²) >= 11 is 7.53. The molecule has 8 rings (SSSR count). The normalized spacial score (nSPS) is 22.1. The predicted octanol–water partition coefficient (Wildman–Crippen LogP) is 4.99. The van der Waals surface area contributed by atoms with Crippen LogP contribution in [0.15, 0.2) is 66.2 Å². The van der Waals surface area contributed by atoms with E-state index in [2.05, 4.69) is 31.6 Å². The van der Waals surface area contributed by atoms with Crippen LogP contribution in [0.4, 0.5) is 21.0 Å².